The van der Waals surface area contributed by atoms with Crippen LogP contribution in [0.15, 0.2) is 15.9 Å². The summed E-state index contributed by atoms with van der Waals surface area (Å²) in [5.41, 5.74) is 0. The van der Waals surface area contributed by atoms with E-state index in [1.807, 2.05) is 0 Å². The van der Waals surface area contributed by atoms with E-state index in [0.29, 0.717) is 0 Å². The average Bonchev–Trinajstić information content (AvgIpc) is 2.47. The molecule has 68 valence electrons. The first-order chi connectivity index (χ1) is 5.74. The molecule has 0 saturated heterocycles. The molecule has 0 spiro atoms. The summed E-state index contributed by atoms with van der Waals surface area (Å²) in [7, 11) is 2.11. The third-order valence-corrected chi connectivity index (χ3v) is 3.64. The van der Waals surface area contributed by atoms with Gasteiger partial charge in [-0.25, -0.2) is 0 Å². The molecule has 0 aliphatic carbocycles. The molecule has 0 radical (unpaired) electrons. The van der Waals surface area contributed by atoms with Crippen LogP contribution in [0.3, 0.4) is 0 Å². The number of rotatable bonds is 4. The second kappa shape index (κ2) is 5.14. The fourth-order valence-corrected chi connectivity index (χ4v) is 2.42. The predicted molar refractivity (Wildman–Crippen MR) is 63.8 cm³/mol. The van der Waals surface area contributed by atoms with Gasteiger partial charge in [0.05, 0.1) is 8.79 Å². The molecule has 0 fully saturated rings. The Kier molecular flexibility index (Phi) is 4.46. The van der Waals surface area contributed by atoms with Crippen LogP contribution in [0.4, 0.5) is 5.00 Å². The summed E-state index contributed by atoms with van der Waals surface area (Å²) in [6, 6.07) is 4.21. The molecule has 1 aromatic heterocycles. The number of anilines is 1. The molecule has 0 aliphatic heterocycles. The zero-order chi connectivity index (χ0) is 8.97. The van der Waals surface area contributed by atoms with Crippen molar-refractivity contribution in [2.45, 2.75) is 6.42 Å². The quantitative estimate of drug-likeness (QED) is 0.819. The summed E-state index contributed by atoms with van der Waals surface area (Å²) in [5.74, 6) is 0.955. The van der Waals surface area contributed by atoms with Crippen molar-refractivity contribution in [2.24, 2.45) is 0 Å². The van der Waals surface area contributed by atoms with Gasteiger partial charge < -0.3 is 4.90 Å². The maximum Gasteiger partial charge on any atom is 0.0917 e. The molecule has 0 N–H and O–H groups in total. The van der Waals surface area contributed by atoms with Gasteiger partial charge in [-0.15, -0.1) is 11.3 Å². The van der Waals surface area contributed by atoms with Gasteiger partial charge in [-0.1, -0.05) is 0 Å². The number of thiophene rings is 1. The maximum absolute atomic E-state index is 4.18. The van der Waals surface area contributed by atoms with Crippen LogP contribution in [0.1, 0.15) is 6.42 Å². The Balaban J connectivity index is 2.47. The van der Waals surface area contributed by atoms with E-state index in [2.05, 4.69) is 52.6 Å². The molecule has 1 rings (SSSR count). The SMILES string of the molecule is CN(CCCS)c1ccc(Br)s1. The Morgan fingerprint density at radius 3 is 2.83 bits per heavy atom. The summed E-state index contributed by atoms with van der Waals surface area (Å²) in [6.07, 6.45) is 1.13. The molecule has 4 heteroatoms. The van der Waals surface area contributed by atoms with Crippen molar-refractivity contribution in [3.05, 3.63) is 15.9 Å². The van der Waals surface area contributed by atoms with E-state index < -0.39 is 0 Å². The predicted octanol–water partition coefficient (Wildman–Crippen LogP) is 3.27. The molecule has 1 nitrogen and oxygen atoms in total. The van der Waals surface area contributed by atoms with Gasteiger partial charge in [-0.3, -0.25) is 0 Å². The van der Waals surface area contributed by atoms with Gasteiger partial charge in [-0.2, -0.15) is 12.6 Å². The van der Waals surface area contributed by atoms with Crippen LogP contribution in [-0.4, -0.2) is 19.3 Å². The fraction of sp³-hybridized carbons (Fsp3) is 0.500. The van der Waals surface area contributed by atoms with Crippen molar-refractivity contribution >= 4 is 44.9 Å². The van der Waals surface area contributed by atoms with Crippen molar-refractivity contribution < 1.29 is 0 Å². The lowest BCUT2D eigenvalue weighted by Gasteiger charge is -2.15. The van der Waals surface area contributed by atoms with Crippen LogP contribution < -0.4 is 4.90 Å². The van der Waals surface area contributed by atoms with Crippen molar-refractivity contribution in [1.29, 1.82) is 0 Å². The largest absolute Gasteiger partial charge is 0.366 e. The standard InChI is InChI=1S/C8H12BrNS2/c1-10(5-2-6-11)8-4-3-7(9)12-8/h3-4,11H,2,5-6H2,1H3. The summed E-state index contributed by atoms with van der Waals surface area (Å²) in [6.45, 7) is 1.08. The van der Waals surface area contributed by atoms with Gasteiger partial charge in [0.2, 0.25) is 0 Å². The Morgan fingerprint density at radius 1 is 1.58 bits per heavy atom. The van der Waals surface area contributed by atoms with Crippen LogP contribution in [0.2, 0.25) is 0 Å². The lowest BCUT2D eigenvalue weighted by molar-refractivity contribution is 0.868. The highest BCUT2D eigenvalue weighted by Gasteiger charge is 2.02. The Bertz CT molecular complexity index is 237. The van der Waals surface area contributed by atoms with Crippen LogP contribution >= 0.6 is 39.9 Å². The molecule has 1 heterocycles. The number of hydrogen-bond donors (Lipinski definition) is 1. The Labute approximate surface area is 91.3 Å². The van der Waals surface area contributed by atoms with Gasteiger partial charge in [0, 0.05) is 13.6 Å². The summed E-state index contributed by atoms with van der Waals surface area (Å²) in [4.78, 5) is 2.26. The van der Waals surface area contributed by atoms with Gasteiger partial charge in [-0.05, 0) is 40.2 Å². The molecule has 0 aliphatic rings. The second-order valence-corrected chi connectivity index (χ2v) is 5.47. The highest BCUT2D eigenvalue weighted by Crippen LogP contribution is 2.28. The Hall–Kier alpha value is 0.330. The minimum Gasteiger partial charge on any atom is -0.366 e. The van der Waals surface area contributed by atoms with Gasteiger partial charge in [0.25, 0.3) is 0 Å². The fourth-order valence-electron chi connectivity index (χ4n) is 0.928. The van der Waals surface area contributed by atoms with Gasteiger partial charge >= 0.3 is 0 Å². The average molecular weight is 266 g/mol. The maximum atomic E-state index is 4.18. The lowest BCUT2D eigenvalue weighted by atomic mass is 10.4. The molecule has 0 aromatic carbocycles. The van der Waals surface area contributed by atoms with Gasteiger partial charge in [0.15, 0.2) is 0 Å². The number of thiol groups is 1. The third kappa shape index (κ3) is 2.99. The minimum absolute atomic E-state index is 0.955. The molecule has 0 saturated carbocycles. The molecule has 0 atom stereocenters. The lowest BCUT2D eigenvalue weighted by Crippen LogP contribution is -2.17. The first kappa shape index (κ1) is 10.4. The van der Waals surface area contributed by atoms with Crippen molar-refractivity contribution in [3.63, 3.8) is 0 Å². The minimum atomic E-state index is 0.955. The highest BCUT2D eigenvalue weighted by atomic mass is 79.9. The second-order valence-electron chi connectivity index (χ2n) is 2.58. The first-order valence-corrected chi connectivity index (χ1v) is 6.05. The summed E-state index contributed by atoms with van der Waals surface area (Å²) >= 11 is 9.39. The molecule has 0 unspecified atom stereocenters. The molecule has 12 heavy (non-hydrogen) atoms. The van der Waals surface area contributed by atoms with Crippen LogP contribution in [0.5, 0.6) is 0 Å². The highest BCUT2D eigenvalue weighted by molar-refractivity contribution is 9.11. The van der Waals surface area contributed by atoms with E-state index in [1.54, 1.807) is 11.3 Å². The van der Waals surface area contributed by atoms with E-state index in [0.717, 1.165) is 18.7 Å². The van der Waals surface area contributed by atoms with E-state index in [1.165, 1.54) is 8.79 Å². The van der Waals surface area contributed by atoms with E-state index >= 15 is 0 Å². The van der Waals surface area contributed by atoms with Crippen LogP contribution in [-0.2, 0) is 0 Å². The molecule has 0 bridgehead atoms. The molecular weight excluding hydrogens is 254 g/mol. The Morgan fingerprint density at radius 2 is 2.33 bits per heavy atom. The van der Waals surface area contributed by atoms with Crippen molar-refractivity contribution in [3.8, 4) is 0 Å². The number of nitrogens with zero attached hydrogens (tertiary/aromatic N) is 1. The third-order valence-electron chi connectivity index (χ3n) is 1.59. The monoisotopic (exact) mass is 265 g/mol. The summed E-state index contributed by atoms with van der Waals surface area (Å²) in [5, 5.41) is 1.31. The number of hydrogen-bond acceptors (Lipinski definition) is 3. The van der Waals surface area contributed by atoms with Crippen LogP contribution in [0.25, 0.3) is 0 Å². The number of halogens is 1. The smallest absolute Gasteiger partial charge is 0.0917 e. The normalized spacial score (nSPS) is 10.2. The zero-order valence-electron chi connectivity index (χ0n) is 6.96. The topological polar surface area (TPSA) is 3.24 Å². The van der Waals surface area contributed by atoms with Gasteiger partial charge in [0.1, 0.15) is 0 Å². The van der Waals surface area contributed by atoms with Crippen molar-refractivity contribution in [1.82, 2.24) is 0 Å². The van der Waals surface area contributed by atoms with Crippen molar-refractivity contribution in [2.75, 3.05) is 24.2 Å². The molecular formula is C8H12BrNS2. The van der Waals surface area contributed by atoms with E-state index in [-0.39, 0.29) is 0 Å². The molecule has 1 aromatic rings. The zero-order valence-corrected chi connectivity index (χ0v) is 10.3. The summed E-state index contributed by atoms with van der Waals surface area (Å²) < 4.78 is 1.19. The van der Waals surface area contributed by atoms with E-state index in [4.69, 9.17) is 0 Å². The van der Waals surface area contributed by atoms with E-state index in [9.17, 15) is 0 Å². The first-order valence-electron chi connectivity index (χ1n) is 3.81. The van der Waals surface area contributed by atoms with Crippen LogP contribution in [0, 0.1) is 0 Å². The molecule has 0 amide bonds.